The van der Waals surface area contributed by atoms with Crippen LogP contribution >= 0.6 is 0 Å². The van der Waals surface area contributed by atoms with E-state index >= 15 is 0 Å². The number of rotatable bonds is 9. The number of methoxy groups -OCH3 is 3. The zero-order valence-corrected chi connectivity index (χ0v) is 23.2. The van der Waals surface area contributed by atoms with Crippen molar-refractivity contribution < 1.29 is 23.7 Å². The molecule has 0 saturated carbocycles. The summed E-state index contributed by atoms with van der Waals surface area (Å²) in [5.41, 5.74) is 4.23. The van der Waals surface area contributed by atoms with Crippen molar-refractivity contribution in [2.45, 2.75) is 39.3 Å². The molecule has 2 aromatic carbocycles. The zero-order chi connectivity index (χ0) is 27.7. The highest BCUT2D eigenvalue weighted by Gasteiger charge is 2.37. The molecule has 0 radical (unpaired) electrons. The van der Waals surface area contributed by atoms with Gasteiger partial charge in [0.05, 0.1) is 45.0 Å². The fourth-order valence-electron chi connectivity index (χ4n) is 5.09. The molecule has 1 aliphatic rings. The van der Waals surface area contributed by atoms with Crippen molar-refractivity contribution in [3.8, 4) is 34.4 Å². The van der Waals surface area contributed by atoms with Crippen molar-refractivity contribution in [3.63, 3.8) is 0 Å². The Morgan fingerprint density at radius 1 is 0.949 bits per heavy atom. The van der Waals surface area contributed by atoms with Gasteiger partial charge < -0.3 is 23.8 Å². The first kappa shape index (κ1) is 26.3. The standard InChI is InChI=1S/C30H34N4O5/c1-18-13-26-30(31-25(17-34(26)32-18)22-9-12-27(37-5)28(14-22)38-6)39-20(3)23-15-29(35)33(16-23)19(2)21-7-10-24(36-4)11-8-21/h7-14,17,19-20,23H,15-16H2,1-6H3/t19?,20?,23-/m1/s1. The Labute approximate surface area is 228 Å². The quantitative estimate of drug-likeness (QED) is 0.297. The van der Waals surface area contributed by atoms with Crippen LogP contribution in [-0.4, -0.2) is 59.4 Å². The van der Waals surface area contributed by atoms with Gasteiger partial charge in [-0.1, -0.05) is 12.1 Å². The van der Waals surface area contributed by atoms with Crippen molar-refractivity contribution in [1.82, 2.24) is 19.5 Å². The van der Waals surface area contributed by atoms with Gasteiger partial charge in [0.25, 0.3) is 0 Å². The van der Waals surface area contributed by atoms with Gasteiger partial charge in [0.2, 0.25) is 11.8 Å². The van der Waals surface area contributed by atoms with Gasteiger partial charge in [0, 0.05) is 24.4 Å². The highest BCUT2D eigenvalue weighted by atomic mass is 16.5. The number of ether oxygens (including phenoxy) is 4. The molecule has 0 aliphatic carbocycles. The number of carbonyl (C=O) groups excluding carboxylic acids is 1. The summed E-state index contributed by atoms with van der Waals surface area (Å²) in [6.45, 7) is 6.60. The Bertz CT molecular complexity index is 1480. The maximum atomic E-state index is 13.0. The van der Waals surface area contributed by atoms with Gasteiger partial charge >= 0.3 is 0 Å². The molecule has 0 bridgehead atoms. The number of benzene rings is 2. The molecule has 5 rings (SSSR count). The minimum absolute atomic E-state index is 0.0220. The average molecular weight is 531 g/mol. The van der Waals surface area contributed by atoms with Gasteiger partial charge in [-0.2, -0.15) is 5.10 Å². The van der Waals surface area contributed by atoms with E-state index in [-0.39, 0.29) is 24.0 Å². The third-order valence-electron chi connectivity index (χ3n) is 7.44. The Kier molecular flexibility index (Phi) is 7.32. The van der Waals surface area contributed by atoms with Crippen LogP contribution in [0, 0.1) is 12.8 Å². The summed E-state index contributed by atoms with van der Waals surface area (Å²) in [4.78, 5) is 19.8. The molecule has 39 heavy (non-hydrogen) atoms. The number of nitrogens with zero attached hydrogens (tertiary/aromatic N) is 4. The number of carbonyl (C=O) groups is 1. The van der Waals surface area contributed by atoms with Gasteiger partial charge in [-0.25, -0.2) is 9.50 Å². The summed E-state index contributed by atoms with van der Waals surface area (Å²) in [5.74, 6) is 2.67. The second kappa shape index (κ2) is 10.8. The first-order chi connectivity index (χ1) is 18.8. The van der Waals surface area contributed by atoms with Crippen molar-refractivity contribution in [3.05, 3.63) is 66.0 Å². The lowest BCUT2D eigenvalue weighted by Crippen LogP contribution is -2.31. The van der Waals surface area contributed by atoms with Crippen LogP contribution in [0.5, 0.6) is 23.1 Å². The molecule has 3 atom stereocenters. The number of hydrogen-bond acceptors (Lipinski definition) is 7. The predicted octanol–water partition coefficient (Wildman–Crippen LogP) is 5.11. The van der Waals surface area contributed by atoms with Gasteiger partial charge in [-0.05, 0) is 62.7 Å². The van der Waals surface area contributed by atoms with Gasteiger partial charge in [-0.3, -0.25) is 4.79 Å². The summed E-state index contributed by atoms with van der Waals surface area (Å²) in [6, 6.07) is 15.4. The Hall–Kier alpha value is -4.27. The van der Waals surface area contributed by atoms with E-state index in [0.29, 0.717) is 36.0 Å². The minimum atomic E-state index is -0.242. The smallest absolute Gasteiger partial charge is 0.240 e. The Morgan fingerprint density at radius 3 is 2.38 bits per heavy atom. The van der Waals surface area contributed by atoms with E-state index in [9.17, 15) is 4.79 Å². The molecule has 1 fully saturated rings. The molecule has 0 spiro atoms. The normalized spacial score (nSPS) is 16.8. The molecule has 1 amide bonds. The van der Waals surface area contributed by atoms with Crippen LogP contribution < -0.4 is 18.9 Å². The minimum Gasteiger partial charge on any atom is -0.497 e. The number of likely N-dealkylation sites (tertiary alicyclic amines) is 1. The fraction of sp³-hybridized carbons (Fsp3) is 0.367. The van der Waals surface area contributed by atoms with Crippen LogP contribution in [0.1, 0.15) is 37.6 Å². The Balaban J connectivity index is 1.39. The zero-order valence-electron chi connectivity index (χ0n) is 23.2. The van der Waals surface area contributed by atoms with E-state index in [1.54, 1.807) is 25.8 Å². The SMILES string of the molecule is COc1ccc(C(C)N2C[C@H](C(C)Oc3nc(-c4ccc(OC)c(OC)c4)cn4nc(C)cc34)CC2=O)cc1. The third-order valence-corrected chi connectivity index (χ3v) is 7.44. The van der Waals surface area contributed by atoms with Crippen LogP contribution in [0.3, 0.4) is 0 Å². The molecule has 9 nitrogen and oxygen atoms in total. The van der Waals surface area contributed by atoms with Crippen molar-refractivity contribution in [2.75, 3.05) is 27.9 Å². The van der Waals surface area contributed by atoms with Gasteiger partial charge in [0.1, 0.15) is 17.4 Å². The van der Waals surface area contributed by atoms with Crippen LogP contribution in [-0.2, 0) is 4.79 Å². The van der Waals surface area contributed by atoms with E-state index in [2.05, 4.69) is 12.0 Å². The van der Waals surface area contributed by atoms with Crippen LogP contribution in [0.2, 0.25) is 0 Å². The predicted molar refractivity (Wildman–Crippen MR) is 148 cm³/mol. The molecule has 4 aromatic rings. The van der Waals surface area contributed by atoms with Crippen molar-refractivity contribution in [1.29, 1.82) is 0 Å². The number of hydrogen-bond donors (Lipinski definition) is 0. The van der Waals surface area contributed by atoms with E-state index < -0.39 is 0 Å². The average Bonchev–Trinajstić information content (AvgIpc) is 3.54. The molecule has 2 unspecified atom stereocenters. The molecule has 3 heterocycles. The molecule has 0 N–H and O–H groups in total. The van der Waals surface area contributed by atoms with Gasteiger partial charge in [-0.15, -0.1) is 0 Å². The summed E-state index contributed by atoms with van der Waals surface area (Å²) >= 11 is 0. The summed E-state index contributed by atoms with van der Waals surface area (Å²) in [5, 5.41) is 4.60. The lowest BCUT2D eigenvalue weighted by atomic mass is 10.0. The number of fused-ring (bicyclic) bond motifs is 1. The highest BCUT2D eigenvalue weighted by molar-refractivity contribution is 5.79. The highest BCUT2D eigenvalue weighted by Crippen LogP contribution is 2.35. The molecule has 204 valence electrons. The first-order valence-corrected chi connectivity index (χ1v) is 13.0. The van der Waals surface area contributed by atoms with Crippen molar-refractivity contribution in [2.24, 2.45) is 5.92 Å². The number of amides is 1. The summed E-state index contributed by atoms with van der Waals surface area (Å²) in [7, 11) is 4.85. The summed E-state index contributed by atoms with van der Waals surface area (Å²) < 4.78 is 24.4. The largest absolute Gasteiger partial charge is 0.497 e. The molecule has 2 aromatic heterocycles. The van der Waals surface area contributed by atoms with E-state index in [0.717, 1.165) is 28.1 Å². The molecule has 1 saturated heterocycles. The van der Waals surface area contributed by atoms with E-state index in [1.807, 2.05) is 73.5 Å². The van der Waals surface area contributed by atoms with E-state index in [1.165, 1.54) is 0 Å². The molecule has 9 heteroatoms. The first-order valence-electron chi connectivity index (χ1n) is 13.0. The molecular formula is C30H34N4O5. The Morgan fingerprint density at radius 2 is 1.69 bits per heavy atom. The fourth-order valence-corrected chi connectivity index (χ4v) is 5.09. The lowest BCUT2D eigenvalue weighted by molar-refractivity contribution is -0.129. The third kappa shape index (κ3) is 5.21. The maximum Gasteiger partial charge on any atom is 0.240 e. The lowest BCUT2D eigenvalue weighted by Gasteiger charge is -2.26. The summed E-state index contributed by atoms with van der Waals surface area (Å²) in [6.07, 6.45) is 2.05. The second-order valence-corrected chi connectivity index (χ2v) is 9.90. The van der Waals surface area contributed by atoms with Crippen molar-refractivity contribution >= 4 is 11.4 Å². The van der Waals surface area contributed by atoms with E-state index in [4.69, 9.17) is 23.9 Å². The maximum absolute atomic E-state index is 13.0. The number of aromatic nitrogens is 3. The molecule has 1 aliphatic heterocycles. The molecular weight excluding hydrogens is 496 g/mol. The van der Waals surface area contributed by atoms with Crippen LogP contribution in [0.15, 0.2) is 54.7 Å². The van der Waals surface area contributed by atoms with Gasteiger partial charge in [0.15, 0.2) is 11.5 Å². The monoisotopic (exact) mass is 530 g/mol. The van der Waals surface area contributed by atoms with Crippen LogP contribution in [0.25, 0.3) is 16.8 Å². The van der Waals surface area contributed by atoms with Crippen LogP contribution in [0.4, 0.5) is 0 Å². The number of aryl methyl sites for hydroxylation is 1. The second-order valence-electron chi connectivity index (χ2n) is 9.90. The topological polar surface area (TPSA) is 87.4 Å².